The maximum atomic E-state index is 12.4. The minimum absolute atomic E-state index is 0.0112. The van der Waals surface area contributed by atoms with Gasteiger partial charge in [0.05, 0.1) is 15.4 Å². The number of hydrogen-bond acceptors (Lipinski definition) is 8. The van der Waals surface area contributed by atoms with Crippen LogP contribution in [0, 0.1) is 10.1 Å². The van der Waals surface area contributed by atoms with Gasteiger partial charge in [0, 0.05) is 26.2 Å². The molecule has 0 saturated heterocycles. The van der Waals surface area contributed by atoms with Crippen LogP contribution in [-0.2, 0) is 16.6 Å². The largest absolute Gasteiger partial charge is 0.452 e. The zero-order valence-electron chi connectivity index (χ0n) is 16.8. The summed E-state index contributed by atoms with van der Waals surface area (Å²) in [4.78, 5) is 37.6. The van der Waals surface area contributed by atoms with E-state index in [1.165, 1.54) is 24.9 Å². The zero-order chi connectivity index (χ0) is 21.7. The van der Waals surface area contributed by atoms with E-state index in [-0.39, 0.29) is 23.2 Å². The van der Waals surface area contributed by atoms with E-state index in [0.29, 0.717) is 10.1 Å². The maximum Gasteiger partial charge on any atom is 0.338 e. The number of carbonyl (C=O) groups excluding carboxylic acids is 2. The fraction of sp³-hybridized carbons (Fsp3) is 0.474. The van der Waals surface area contributed by atoms with E-state index in [0.717, 1.165) is 43.5 Å². The lowest BCUT2D eigenvalue weighted by Crippen LogP contribution is -2.40. The molecule has 0 atom stereocenters. The van der Waals surface area contributed by atoms with Gasteiger partial charge in [-0.15, -0.1) is 10.2 Å². The van der Waals surface area contributed by atoms with Crippen molar-refractivity contribution in [3.63, 3.8) is 0 Å². The molecule has 10 nitrogen and oxygen atoms in total. The fourth-order valence-electron chi connectivity index (χ4n) is 3.32. The standard InChI is InChI=1S/C19H23N5O5S/c1-22-12-20-21-19(22)30-16-9-8-13(10-15(16)24(27)28)18(26)29-11-17(25)23(2)14-6-4-3-5-7-14/h8-10,12,14H,3-7,11H2,1-2H3. The van der Waals surface area contributed by atoms with Gasteiger partial charge in [0.25, 0.3) is 11.6 Å². The van der Waals surface area contributed by atoms with Crippen LogP contribution in [0.15, 0.2) is 34.6 Å². The number of carbonyl (C=O) groups is 2. The molecule has 1 aromatic heterocycles. The lowest BCUT2D eigenvalue weighted by molar-refractivity contribution is -0.387. The number of esters is 1. The van der Waals surface area contributed by atoms with E-state index in [2.05, 4.69) is 10.2 Å². The number of nitro benzene ring substituents is 1. The molecule has 160 valence electrons. The van der Waals surface area contributed by atoms with Gasteiger partial charge in [0.15, 0.2) is 11.8 Å². The van der Waals surface area contributed by atoms with Crippen molar-refractivity contribution in [1.82, 2.24) is 19.7 Å². The van der Waals surface area contributed by atoms with Gasteiger partial charge in [-0.1, -0.05) is 19.3 Å². The van der Waals surface area contributed by atoms with E-state index < -0.39 is 17.5 Å². The van der Waals surface area contributed by atoms with Crippen LogP contribution in [0.25, 0.3) is 0 Å². The van der Waals surface area contributed by atoms with E-state index in [4.69, 9.17) is 4.74 Å². The zero-order valence-corrected chi connectivity index (χ0v) is 17.6. The highest BCUT2D eigenvalue weighted by atomic mass is 32.2. The Morgan fingerprint density at radius 1 is 1.33 bits per heavy atom. The van der Waals surface area contributed by atoms with Crippen LogP contribution >= 0.6 is 11.8 Å². The van der Waals surface area contributed by atoms with Crippen LogP contribution in [-0.4, -0.2) is 56.2 Å². The molecule has 1 fully saturated rings. The summed E-state index contributed by atoms with van der Waals surface area (Å²) in [5.41, 5.74) is -0.236. The van der Waals surface area contributed by atoms with Gasteiger partial charge in [0.2, 0.25) is 0 Å². The second-order valence-electron chi connectivity index (χ2n) is 7.14. The molecular weight excluding hydrogens is 410 g/mol. The van der Waals surface area contributed by atoms with Gasteiger partial charge in [-0.05, 0) is 36.7 Å². The van der Waals surface area contributed by atoms with Crippen molar-refractivity contribution in [3.8, 4) is 0 Å². The highest BCUT2D eigenvalue weighted by Crippen LogP contribution is 2.34. The number of ether oxygens (including phenoxy) is 1. The Balaban J connectivity index is 1.65. The first kappa shape index (κ1) is 21.8. The molecule has 0 aliphatic heterocycles. The number of nitrogens with zero attached hydrogens (tertiary/aromatic N) is 5. The van der Waals surface area contributed by atoms with Crippen LogP contribution in [0.2, 0.25) is 0 Å². The van der Waals surface area contributed by atoms with Crippen molar-refractivity contribution in [3.05, 3.63) is 40.2 Å². The molecule has 2 aromatic rings. The predicted octanol–water partition coefficient (Wildman–Crippen LogP) is 2.82. The summed E-state index contributed by atoms with van der Waals surface area (Å²) in [5, 5.41) is 19.6. The molecule has 0 N–H and O–H groups in total. The van der Waals surface area contributed by atoms with Gasteiger partial charge in [-0.3, -0.25) is 14.9 Å². The summed E-state index contributed by atoms with van der Waals surface area (Å²) in [6.45, 7) is -0.394. The fourth-order valence-corrected chi connectivity index (χ4v) is 4.17. The van der Waals surface area contributed by atoms with Crippen molar-refractivity contribution >= 4 is 29.3 Å². The smallest absolute Gasteiger partial charge is 0.338 e. The third kappa shape index (κ3) is 5.15. The number of likely N-dealkylation sites (N-methyl/N-ethyl adjacent to an activating group) is 1. The average molecular weight is 433 g/mol. The third-order valence-electron chi connectivity index (χ3n) is 5.10. The van der Waals surface area contributed by atoms with Crippen LogP contribution in [0.1, 0.15) is 42.5 Å². The van der Waals surface area contributed by atoms with E-state index in [1.807, 2.05) is 0 Å². The summed E-state index contributed by atoms with van der Waals surface area (Å²) in [7, 11) is 3.44. The van der Waals surface area contributed by atoms with Crippen LogP contribution in [0.4, 0.5) is 5.69 Å². The van der Waals surface area contributed by atoms with E-state index in [1.54, 1.807) is 23.6 Å². The van der Waals surface area contributed by atoms with E-state index in [9.17, 15) is 19.7 Å². The first-order valence-electron chi connectivity index (χ1n) is 9.60. The summed E-state index contributed by atoms with van der Waals surface area (Å²) in [6.07, 6.45) is 6.74. The van der Waals surface area contributed by atoms with Crippen LogP contribution in [0.5, 0.6) is 0 Å². The molecule has 1 saturated carbocycles. The third-order valence-corrected chi connectivity index (χ3v) is 6.22. The lowest BCUT2D eigenvalue weighted by Gasteiger charge is -2.31. The Morgan fingerprint density at radius 3 is 2.70 bits per heavy atom. The molecule has 1 heterocycles. The Morgan fingerprint density at radius 2 is 2.07 bits per heavy atom. The number of benzene rings is 1. The van der Waals surface area contributed by atoms with Crippen LogP contribution in [0.3, 0.4) is 0 Å². The monoisotopic (exact) mass is 433 g/mol. The molecule has 1 aliphatic carbocycles. The molecule has 0 spiro atoms. The molecule has 1 aliphatic rings. The van der Waals surface area contributed by atoms with Crippen molar-refractivity contribution in [2.75, 3.05) is 13.7 Å². The van der Waals surface area contributed by atoms with Gasteiger partial charge >= 0.3 is 5.97 Å². The molecule has 0 bridgehead atoms. The van der Waals surface area contributed by atoms with E-state index >= 15 is 0 Å². The lowest BCUT2D eigenvalue weighted by atomic mass is 9.94. The second-order valence-corrected chi connectivity index (χ2v) is 8.15. The minimum atomic E-state index is -0.779. The van der Waals surface area contributed by atoms with Crippen LogP contribution < -0.4 is 0 Å². The minimum Gasteiger partial charge on any atom is -0.452 e. The Bertz CT molecular complexity index is 941. The molecule has 30 heavy (non-hydrogen) atoms. The Hall–Kier alpha value is -2.95. The van der Waals surface area contributed by atoms with Crippen molar-refractivity contribution in [2.45, 2.75) is 48.2 Å². The number of hydrogen-bond donors (Lipinski definition) is 0. The molecule has 3 rings (SSSR count). The Kier molecular flexibility index (Phi) is 7.03. The first-order valence-corrected chi connectivity index (χ1v) is 10.4. The number of aryl methyl sites for hydroxylation is 1. The topological polar surface area (TPSA) is 120 Å². The van der Waals surface area contributed by atoms with Gasteiger partial charge < -0.3 is 14.2 Å². The molecular formula is C19H23N5O5S. The quantitative estimate of drug-likeness (QED) is 0.371. The second kappa shape index (κ2) is 9.70. The van der Waals surface area contributed by atoms with Crippen molar-refractivity contribution in [1.29, 1.82) is 0 Å². The van der Waals surface area contributed by atoms with Gasteiger partial charge in [-0.25, -0.2) is 4.79 Å². The molecule has 11 heteroatoms. The summed E-state index contributed by atoms with van der Waals surface area (Å²) < 4.78 is 6.75. The van der Waals surface area contributed by atoms with Gasteiger partial charge in [0.1, 0.15) is 6.33 Å². The predicted molar refractivity (Wildman–Crippen MR) is 108 cm³/mol. The number of amides is 1. The Labute approximate surface area is 177 Å². The molecule has 0 radical (unpaired) electrons. The number of aromatic nitrogens is 3. The van der Waals surface area contributed by atoms with Crippen molar-refractivity contribution < 1.29 is 19.2 Å². The van der Waals surface area contributed by atoms with Gasteiger partial charge in [-0.2, -0.15) is 0 Å². The molecule has 1 amide bonds. The summed E-state index contributed by atoms with van der Waals surface area (Å²) in [6, 6.07) is 4.21. The molecule has 1 aromatic carbocycles. The highest BCUT2D eigenvalue weighted by molar-refractivity contribution is 7.99. The first-order chi connectivity index (χ1) is 14.4. The normalized spacial score (nSPS) is 14.3. The SMILES string of the molecule is CN(C(=O)COC(=O)c1ccc(Sc2nncn2C)c([N+](=O)[O-])c1)C1CCCCC1. The highest BCUT2D eigenvalue weighted by Gasteiger charge is 2.24. The number of nitro groups is 1. The molecule has 0 unspecified atom stereocenters. The average Bonchev–Trinajstić information content (AvgIpc) is 3.16. The maximum absolute atomic E-state index is 12.4. The summed E-state index contributed by atoms with van der Waals surface area (Å²) in [5.74, 6) is -1.06. The number of rotatable bonds is 7. The van der Waals surface area contributed by atoms with Crippen molar-refractivity contribution in [2.24, 2.45) is 7.05 Å². The summed E-state index contributed by atoms with van der Waals surface area (Å²) >= 11 is 1.07.